The van der Waals surface area contributed by atoms with Crippen molar-refractivity contribution in [1.29, 1.82) is 0 Å². The monoisotopic (exact) mass is 1220 g/mol. The molecule has 8 atom stereocenters. The minimum Gasteiger partial charge on any atom is -0.454 e. The maximum atomic E-state index is 13.5. The van der Waals surface area contributed by atoms with Crippen LogP contribution in [-0.4, -0.2) is 99.6 Å². The standard InChI is InChI=1S/C76H131NO10/c1-4-7-10-13-16-19-22-25-27-29-31-32-33-34-35-36-37-38-39-41-43-46-49-52-55-58-61-64-71(81)87-74-73(83)72(82)70(65-78)86-76(74)85-66-67(68(79)62-59-56-53-50-47-44-24-21-18-15-12-9-6-3)77-75(84)69(80)63-60-57-54-51-48-45-42-40-30-28-26-23-20-17-14-11-8-5-2/h16-17,19-20,25-28,31-32,34-35,40,42,48,51,59,62,67-70,72-74,76,78-80,82-83H,4-15,18,21-24,29-30,33,36-39,41,43-47,49-50,52-58,60-61,63-66H2,1-3H3,(H,77,84)/b19-16-,20-17-,27-25-,28-26-,32-31-,35-34-,42-40-,51-48-,62-59+. The zero-order valence-electron chi connectivity index (χ0n) is 55.6. The van der Waals surface area contributed by atoms with Crippen molar-refractivity contribution in [2.45, 2.75) is 346 Å². The number of aliphatic hydroxyl groups is 5. The highest BCUT2D eigenvalue weighted by Crippen LogP contribution is 2.26. The summed E-state index contributed by atoms with van der Waals surface area (Å²) in [5.74, 6) is -1.23. The van der Waals surface area contributed by atoms with Gasteiger partial charge >= 0.3 is 5.97 Å². The molecule has 1 amide bonds. The largest absolute Gasteiger partial charge is 0.454 e. The van der Waals surface area contributed by atoms with Crippen molar-refractivity contribution in [2.24, 2.45) is 0 Å². The number of nitrogens with one attached hydrogen (secondary N) is 1. The number of aliphatic hydroxyl groups excluding tert-OH is 5. The molecule has 1 fully saturated rings. The van der Waals surface area contributed by atoms with Crippen molar-refractivity contribution in [3.8, 4) is 0 Å². The molecular weight excluding hydrogens is 1090 g/mol. The lowest BCUT2D eigenvalue weighted by atomic mass is 9.99. The molecule has 0 saturated carbocycles. The van der Waals surface area contributed by atoms with Gasteiger partial charge in [0.15, 0.2) is 12.4 Å². The van der Waals surface area contributed by atoms with E-state index in [9.17, 15) is 35.1 Å². The van der Waals surface area contributed by atoms with E-state index in [0.717, 1.165) is 109 Å². The van der Waals surface area contributed by atoms with E-state index in [-0.39, 0.29) is 19.4 Å². The normalized spacial score (nSPS) is 18.9. The van der Waals surface area contributed by atoms with E-state index in [1.165, 1.54) is 141 Å². The molecule has 0 aromatic carbocycles. The number of amides is 1. The van der Waals surface area contributed by atoms with Crippen LogP contribution in [-0.2, 0) is 23.8 Å². The highest BCUT2D eigenvalue weighted by Gasteiger charge is 2.47. The SMILES string of the molecule is CCCCC/C=C\C/C=C\C/C=C\C/C=C\CCCCCCCCCCCCCC(=O)OC1C(OCC(NC(=O)C(O)CCCC/C=C\C/C=C\C/C=C\C/C=C\CCCCC)C(O)/C=C/CCCCCCCCCCCCC)OC(CO)C(O)C1O. The lowest BCUT2D eigenvalue weighted by Crippen LogP contribution is -2.61. The highest BCUT2D eigenvalue weighted by atomic mass is 16.7. The fourth-order valence-corrected chi connectivity index (χ4v) is 10.5. The second kappa shape index (κ2) is 62.5. The summed E-state index contributed by atoms with van der Waals surface area (Å²) >= 11 is 0. The number of allylic oxidation sites excluding steroid dienone is 17. The molecule has 0 spiro atoms. The molecule has 1 heterocycles. The van der Waals surface area contributed by atoms with Crippen molar-refractivity contribution in [3.05, 3.63) is 109 Å². The van der Waals surface area contributed by atoms with Gasteiger partial charge in [-0.15, -0.1) is 0 Å². The van der Waals surface area contributed by atoms with Gasteiger partial charge in [-0.3, -0.25) is 9.59 Å². The summed E-state index contributed by atoms with van der Waals surface area (Å²) in [6.45, 7) is 5.73. The quantitative estimate of drug-likeness (QED) is 0.0195. The molecule has 0 radical (unpaired) electrons. The van der Waals surface area contributed by atoms with Gasteiger partial charge in [0.2, 0.25) is 5.91 Å². The minimum absolute atomic E-state index is 0.110. The molecule has 1 aliphatic rings. The molecule has 87 heavy (non-hydrogen) atoms. The van der Waals surface area contributed by atoms with Crippen LogP contribution in [0.4, 0.5) is 0 Å². The Bertz CT molecular complexity index is 1830. The van der Waals surface area contributed by atoms with Gasteiger partial charge in [-0.05, 0) is 116 Å². The maximum Gasteiger partial charge on any atom is 0.306 e. The van der Waals surface area contributed by atoms with Gasteiger partial charge in [0.05, 0.1) is 25.4 Å². The number of rotatable bonds is 60. The number of unbranched alkanes of at least 4 members (excludes halogenated alkanes) is 30. The van der Waals surface area contributed by atoms with Crippen LogP contribution in [0, 0.1) is 0 Å². The zero-order valence-corrected chi connectivity index (χ0v) is 55.6. The fraction of sp³-hybridized carbons (Fsp3) is 0.737. The summed E-state index contributed by atoms with van der Waals surface area (Å²) in [5, 5.41) is 57.2. The Labute approximate surface area is 532 Å². The lowest BCUT2D eigenvalue weighted by Gasteiger charge is -2.41. The van der Waals surface area contributed by atoms with Crippen LogP contribution in [0.5, 0.6) is 0 Å². The summed E-state index contributed by atoms with van der Waals surface area (Å²) in [6.07, 6.45) is 75.5. The van der Waals surface area contributed by atoms with E-state index in [2.05, 4.69) is 123 Å². The Morgan fingerprint density at radius 1 is 0.448 bits per heavy atom. The van der Waals surface area contributed by atoms with Gasteiger partial charge in [-0.25, -0.2) is 0 Å². The second-order valence-electron chi connectivity index (χ2n) is 24.3. The predicted molar refractivity (Wildman–Crippen MR) is 365 cm³/mol. The van der Waals surface area contributed by atoms with Crippen molar-refractivity contribution in [2.75, 3.05) is 13.2 Å². The summed E-state index contributed by atoms with van der Waals surface area (Å²) in [6, 6.07) is -1.05. The van der Waals surface area contributed by atoms with Crippen LogP contribution in [0.3, 0.4) is 0 Å². The van der Waals surface area contributed by atoms with Gasteiger partial charge in [0, 0.05) is 6.42 Å². The van der Waals surface area contributed by atoms with Gasteiger partial charge < -0.3 is 45.1 Å². The first kappa shape index (κ1) is 81.3. The first-order chi connectivity index (χ1) is 42.7. The molecule has 0 aromatic rings. The molecular formula is C76H131NO10. The van der Waals surface area contributed by atoms with Gasteiger partial charge in [0.1, 0.15) is 24.4 Å². The highest BCUT2D eigenvalue weighted by molar-refractivity contribution is 5.80. The number of ether oxygens (including phenoxy) is 3. The first-order valence-electron chi connectivity index (χ1n) is 35.7. The van der Waals surface area contributed by atoms with E-state index in [1.54, 1.807) is 6.08 Å². The van der Waals surface area contributed by atoms with E-state index in [1.807, 2.05) is 6.08 Å². The molecule has 6 N–H and O–H groups in total. The van der Waals surface area contributed by atoms with E-state index in [0.29, 0.717) is 12.8 Å². The topological polar surface area (TPSA) is 175 Å². The Morgan fingerprint density at radius 2 is 0.793 bits per heavy atom. The maximum absolute atomic E-state index is 13.5. The van der Waals surface area contributed by atoms with Crippen molar-refractivity contribution in [3.63, 3.8) is 0 Å². The predicted octanol–water partition coefficient (Wildman–Crippen LogP) is 18.4. The summed E-state index contributed by atoms with van der Waals surface area (Å²) in [7, 11) is 0. The molecule has 0 aromatic heterocycles. The number of carbonyl (C=O) groups is 2. The van der Waals surface area contributed by atoms with Crippen LogP contribution in [0.15, 0.2) is 109 Å². The zero-order chi connectivity index (χ0) is 63.1. The van der Waals surface area contributed by atoms with E-state index >= 15 is 0 Å². The first-order valence-corrected chi connectivity index (χ1v) is 35.7. The van der Waals surface area contributed by atoms with Gasteiger partial charge in [-0.1, -0.05) is 284 Å². The molecule has 11 nitrogen and oxygen atoms in total. The van der Waals surface area contributed by atoms with Crippen LogP contribution in [0.1, 0.15) is 297 Å². The fourth-order valence-electron chi connectivity index (χ4n) is 10.5. The number of carbonyl (C=O) groups excluding carboxylic acids is 2. The Balaban J connectivity index is 2.60. The molecule has 8 unspecified atom stereocenters. The van der Waals surface area contributed by atoms with Crippen LogP contribution in [0.25, 0.3) is 0 Å². The number of esters is 1. The smallest absolute Gasteiger partial charge is 0.306 e. The van der Waals surface area contributed by atoms with Crippen LogP contribution in [0.2, 0.25) is 0 Å². The third kappa shape index (κ3) is 49.7. The molecule has 1 saturated heterocycles. The van der Waals surface area contributed by atoms with Gasteiger partial charge in [0.25, 0.3) is 0 Å². The van der Waals surface area contributed by atoms with Crippen LogP contribution >= 0.6 is 0 Å². The average Bonchev–Trinajstić information content (AvgIpc) is 2.51. The summed E-state index contributed by atoms with van der Waals surface area (Å²) in [4.78, 5) is 26.7. The van der Waals surface area contributed by atoms with E-state index < -0.39 is 67.4 Å². The average molecular weight is 1220 g/mol. The Kier molecular flexibility index (Phi) is 58.4. The number of hydrogen-bond donors (Lipinski definition) is 6. The number of hydrogen-bond acceptors (Lipinski definition) is 10. The summed E-state index contributed by atoms with van der Waals surface area (Å²) < 4.78 is 17.7. The Morgan fingerprint density at radius 3 is 1.21 bits per heavy atom. The molecule has 0 bridgehead atoms. The lowest BCUT2D eigenvalue weighted by molar-refractivity contribution is -0.305. The third-order valence-electron chi connectivity index (χ3n) is 16.1. The summed E-state index contributed by atoms with van der Waals surface area (Å²) in [5.41, 5.74) is 0. The molecule has 500 valence electrons. The second-order valence-corrected chi connectivity index (χ2v) is 24.3. The Hall–Kier alpha value is -3.68. The van der Waals surface area contributed by atoms with Crippen molar-refractivity contribution in [1.82, 2.24) is 5.32 Å². The molecule has 1 aliphatic heterocycles. The van der Waals surface area contributed by atoms with Crippen LogP contribution < -0.4 is 5.32 Å². The van der Waals surface area contributed by atoms with Crippen molar-refractivity contribution >= 4 is 11.9 Å². The minimum atomic E-state index is -1.63. The molecule has 0 aliphatic carbocycles. The molecule has 1 rings (SSSR count). The third-order valence-corrected chi connectivity index (χ3v) is 16.1. The molecule has 11 heteroatoms. The van der Waals surface area contributed by atoms with Gasteiger partial charge in [-0.2, -0.15) is 0 Å². The van der Waals surface area contributed by atoms with Crippen molar-refractivity contribution < 1.29 is 49.3 Å². The van der Waals surface area contributed by atoms with E-state index in [4.69, 9.17) is 14.2 Å².